The number of allylic oxidation sites excluding steroid dienone is 2. The highest BCUT2D eigenvalue weighted by molar-refractivity contribution is 6.31. The number of urea groups is 1. The summed E-state index contributed by atoms with van der Waals surface area (Å²) in [5.74, 6) is -3.72. The lowest BCUT2D eigenvalue weighted by atomic mass is 9.85. The monoisotopic (exact) mass is 525 g/mol. The molecule has 4 aliphatic rings. The van der Waals surface area contributed by atoms with Crippen LogP contribution in [0.1, 0.15) is 32.6 Å². The first-order chi connectivity index (χ1) is 17.1. The molecule has 3 saturated heterocycles. The van der Waals surface area contributed by atoms with E-state index in [0.29, 0.717) is 6.42 Å². The predicted molar refractivity (Wildman–Crippen MR) is 131 cm³/mol. The average molecular weight is 526 g/mol. The Kier molecular flexibility index (Phi) is 6.61. The summed E-state index contributed by atoms with van der Waals surface area (Å²) in [6.07, 6.45) is 2.08. The smallest absolute Gasteiger partial charge is 0.322 e. The number of nitrogens with zero attached hydrogens (tertiary/aromatic N) is 3. The molecule has 2 N–H and O–H groups in total. The summed E-state index contributed by atoms with van der Waals surface area (Å²) in [5.41, 5.74) is 2.16. The van der Waals surface area contributed by atoms with Gasteiger partial charge in [0.25, 0.3) is 11.8 Å². The van der Waals surface area contributed by atoms with E-state index in [9.17, 15) is 22.8 Å². The predicted octanol–water partition coefficient (Wildman–Crippen LogP) is 3.59. The molecule has 2 unspecified atom stereocenters. The summed E-state index contributed by atoms with van der Waals surface area (Å²) in [5, 5.41) is 5.21. The third-order valence-electron chi connectivity index (χ3n) is 7.63. The molecule has 11 heteroatoms. The molecule has 5 rings (SSSR count). The van der Waals surface area contributed by atoms with Crippen molar-refractivity contribution in [2.24, 2.45) is 5.92 Å². The van der Waals surface area contributed by atoms with Gasteiger partial charge in [-0.3, -0.25) is 15.0 Å². The SMILES string of the molecule is CC(CC1(CN2CCC(F)(F)C2)NC(=O)NC1=O)C(=C1CC1)N1CCN(c2ccc(F)c(Cl)c2)CC1. The number of nitrogens with one attached hydrogen (secondary N) is 2. The standard InChI is InChI=1S/C25H31ClF3N5O2/c1-16(13-24(22(35)30-23(36)31-24)14-32-7-6-25(28,29)15-32)21(17-2-3-17)34-10-8-33(9-11-34)18-4-5-20(27)19(26)12-18/h4-5,12,16H,2-3,6-11,13-15H2,1H3,(H2,30,31,35,36). The highest BCUT2D eigenvalue weighted by Crippen LogP contribution is 2.40. The molecule has 2 atom stereocenters. The second-order valence-corrected chi connectivity index (χ2v) is 10.9. The van der Waals surface area contributed by atoms with Crippen molar-refractivity contribution < 1.29 is 22.8 Å². The van der Waals surface area contributed by atoms with Crippen molar-refractivity contribution in [3.05, 3.63) is 40.3 Å². The largest absolute Gasteiger partial charge is 0.371 e. The maximum atomic E-state index is 13.8. The third-order valence-corrected chi connectivity index (χ3v) is 7.92. The lowest BCUT2D eigenvalue weighted by Gasteiger charge is -2.41. The first-order valence-electron chi connectivity index (χ1n) is 12.5. The summed E-state index contributed by atoms with van der Waals surface area (Å²) in [7, 11) is 0. The molecule has 3 heterocycles. The van der Waals surface area contributed by atoms with Crippen molar-refractivity contribution in [1.29, 1.82) is 0 Å². The topological polar surface area (TPSA) is 67.9 Å². The van der Waals surface area contributed by atoms with E-state index >= 15 is 0 Å². The fraction of sp³-hybridized carbons (Fsp3) is 0.600. The first kappa shape index (κ1) is 25.2. The van der Waals surface area contributed by atoms with Gasteiger partial charge in [0.2, 0.25) is 0 Å². The molecular formula is C25H31ClF3N5O2. The molecule has 1 saturated carbocycles. The molecule has 1 aliphatic carbocycles. The molecule has 1 aromatic carbocycles. The van der Waals surface area contributed by atoms with E-state index in [-0.39, 0.29) is 30.5 Å². The van der Waals surface area contributed by atoms with Gasteiger partial charge < -0.3 is 15.1 Å². The number of carbonyl (C=O) groups excluding carboxylic acids is 2. The van der Waals surface area contributed by atoms with Gasteiger partial charge in [0, 0.05) is 57.1 Å². The van der Waals surface area contributed by atoms with E-state index < -0.39 is 35.8 Å². The number of anilines is 1. The summed E-state index contributed by atoms with van der Waals surface area (Å²) >= 11 is 5.97. The lowest BCUT2D eigenvalue weighted by Crippen LogP contribution is -2.56. The minimum atomic E-state index is -2.78. The van der Waals surface area contributed by atoms with E-state index in [2.05, 4.69) is 20.4 Å². The number of benzene rings is 1. The highest BCUT2D eigenvalue weighted by Gasteiger charge is 2.51. The van der Waals surface area contributed by atoms with E-state index in [4.69, 9.17) is 11.6 Å². The second-order valence-electron chi connectivity index (χ2n) is 10.5. The maximum absolute atomic E-state index is 13.8. The van der Waals surface area contributed by atoms with E-state index in [1.807, 2.05) is 6.92 Å². The van der Waals surface area contributed by atoms with Gasteiger partial charge in [-0.2, -0.15) is 0 Å². The van der Waals surface area contributed by atoms with Crippen molar-refractivity contribution in [3.63, 3.8) is 0 Å². The van der Waals surface area contributed by atoms with Crippen molar-refractivity contribution >= 4 is 29.2 Å². The number of rotatable bonds is 7. The van der Waals surface area contributed by atoms with Crippen molar-refractivity contribution in [1.82, 2.24) is 20.4 Å². The van der Waals surface area contributed by atoms with Gasteiger partial charge in [0.05, 0.1) is 11.6 Å². The molecule has 36 heavy (non-hydrogen) atoms. The lowest BCUT2D eigenvalue weighted by molar-refractivity contribution is -0.125. The third kappa shape index (κ3) is 5.16. The molecule has 0 spiro atoms. The van der Waals surface area contributed by atoms with Gasteiger partial charge in [-0.15, -0.1) is 0 Å². The number of amides is 3. The van der Waals surface area contributed by atoms with Crippen LogP contribution in [0.15, 0.2) is 29.5 Å². The molecule has 0 bridgehead atoms. The first-order valence-corrected chi connectivity index (χ1v) is 12.8. The Bertz CT molecular complexity index is 1090. The Balaban J connectivity index is 1.29. The van der Waals surface area contributed by atoms with Crippen LogP contribution in [0.25, 0.3) is 0 Å². The molecule has 196 valence electrons. The van der Waals surface area contributed by atoms with E-state index in [1.165, 1.54) is 17.3 Å². The molecule has 0 aromatic heterocycles. The second kappa shape index (κ2) is 9.45. The fourth-order valence-corrected chi connectivity index (χ4v) is 6.06. The minimum absolute atomic E-state index is 0.0541. The zero-order chi connectivity index (χ0) is 25.7. The number of carbonyl (C=O) groups is 2. The van der Waals surface area contributed by atoms with Gasteiger partial charge in [0.1, 0.15) is 11.4 Å². The summed E-state index contributed by atoms with van der Waals surface area (Å²) < 4.78 is 41.2. The van der Waals surface area contributed by atoms with Crippen molar-refractivity contribution in [2.45, 2.75) is 44.1 Å². The molecule has 3 amide bonds. The normalized spacial score (nSPS) is 26.8. The van der Waals surface area contributed by atoms with E-state index in [1.54, 1.807) is 17.0 Å². The van der Waals surface area contributed by atoms with Gasteiger partial charge >= 0.3 is 6.03 Å². The molecule has 4 fully saturated rings. The quantitative estimate of drug-likeness (QED) is 0.533. The van der Waals surface area contributed by atoms with Crippen LogP contribution in [0.4, 0.5) is 23.7 Å². The van der Waals surface area contributed by atoms with Crippen LogP contribution in [0.2, 0.25) is 5.02 Å². The van der Waals surface area contributed by atoms with Crippen LogP contribution < -0.4 is 15.5 Å². The van der Waals surface area contributed by atoms with Gasteiger partial charge in [0.15, 0.2) is 0 Å². The number of hydrogen-bond donors (Lipinski definition) is 2. The van der Waals surface area contributed by atoms with Crippen LogP contribution >= 0.6 is 11.6 Å². The fourth-order valence-electron chi connectivity index (χ4n) is 5.88. The maximum Gasteiger partial charge on any atom is 0.322 e. The van der Waals surface area contributed by atoms with Crippen LogP contribution in [0.3, 0.4) is 0 Å². The average Bonchev–Trinajstić information content (AvgIpc) is 3.52. The van der Waals surface area contributed by atoms with Crippen molar-refractivity contribution in [2.75, 3.05) is 50.7 Å². The Morgan fingerprint density at radius 2 is 1.86 bits per heavy atom. The van der Waals surface area contributed by atoms with Crippen molar-refractivity contribution in [3.8, 4) is 0 Å². The summed E-state index contributed by atoms with van der Waals surface area (Å²) in [4.78, 5) is 31.1. The van der Waals surface area contributed by atoms with Crippen LogP contribution in [0, 0.1) is 11.7 Å². The van der Waals surface area contributed by atoms with Crippen LogP contribution in [0.5, 0.6) is 0 Å². The Hall–Kier alpha value is -2.46. The Labute approximate surface area is 213 Å². The zero-order valence-corrected chi connectivity index (χ0v) is 21.0. The molecule has 7 nitrogen and oxygen atoms in total. The Morgan fingerprint density at radius 1 is 1.14 bits per heavy atom. The zero-order valence-electron chi connectivity index (χ0n) is 20.3. The van der Waals surface area contributed by atoms with Gasteiger partial charge in [-0.05, 0) is 43.4 Å². The summed E-state index contributed by atoms with van der Waals surface area (Å²) in [6, 6.07) is 4.17. The number of alkyl halides is 2. The van der Waals surface area contributed by atoms with E-state index in [0.717, 1.165) is 44.7 Å². The number of likely N-dealkylation sites (tertiary alicyclic amines) is 1. The Morgan fingerprint density at radius 3 is 2.42 bits per heavy atom. The number of imide groups is 1. The van der Waals surface area contributed by atoms with Crippen LogP contribution in [-0.4, -0.2) is 79.0 Å². The number of piperazine rings is 1. The highest BCUT2D eigenvalue weighted by atomic mass is 35.5. The minimum Gasteiger partial charge on any atom is -0.371 e. The van der Waals surface area contributed by atoms with Crippen LogP contribution in [-0.2, 0) is 4.79 Å². The summed E-state index contributed by atoms with van der Waals surface area (Å²) in [6.45, 7) is 4.86. The number of hydrogen-bond acceptors (Lipinski definition) is 5. The molecule has 1 aromatic rings. The van der Waals surface area contributed by atoms with Gasteiger partial charge in [-0.25, -0.2) is 18.0 Å². The van der Waals surface area contributed by atoms with Gasteiger partial charge in [-0.1, -0.05) is 24.1 Å². The molecule has 3 aliphatic heterocycles. The number of halogens is 4. The molecule has 0 radical (unpaired) electrons. The molecular weight excluding hydrogens is 495 g/mol.